The molecule has 0 aliphatic carbocycles. The number of methoxy groups -OCH3 is 1. The summed E-state index contributed by atoms with van der Waals surface area (Å²) in [5.74, 6) is 0.267. The van der Waals surface area contributed by atoms with Gasteiger partial charge in [0.15, 0.2) is 12.6 Å². The summed E-state index contributed by atoms with van der Waals surface area (Å²) in [7, 11) is 4.58. The van der Waals surface area contributed by atoms with Gasteiger partial charge < -0.3 is 29.3 Å². The molecule has 0 saturated heterocycles. The molecule has 0 aromatic heterocycles. The zero-order valence-corrected chi connectivity index (χ0v) is 20.2. The molecule has 0 radical (unpaired) electrons. The lowest BCUT2D eigenvalue weighted by molar-refractivity contribution is -0.128. The van der Waals surface area contributed by atoms with E-state index in [0.29, 0.717) is 29.9 Å². The average molecular weight is 487 g/mol. The number of benzene rings is 2. The van der Waals surface area contributed by atoms with Crippen molar-refractivity contribution in [1.82, 2.24) is 14.7 Å². The Morgan fingerprint density at radius 3 is 2.46 bits per heavy atom. The van der Waals surface area contributed by atoms with Crippen LogP contribution in [0.3, 0.4) is 0 Å². The van der Waals surface area contributed by atoms with Gasteiger partial charge in [-0.3, -0.25) is 9.59 Å². The normalized spacial score (nSPS) is 11.2. The Morgan fingerprint density at radius 2 is 1.86 bits per heavy atom. The molecule has 0 saturated carbocycles. The van der Waals surface area contributed by atoms with Gasteiger partial charge in [-0.15, -0.1) is 0 Å². The Labute approximate surface area is 204 Å². The predicted molar refractivity (Wildman–Crippen MR) is 130 cm³/mol. The van der Waals surface area contributed by atoms with Crippen LogP contribution in [0.25, 0.3) is 0 Å². The molecule has 2 aromatic carbocycles. The zero-order chi connectivity index (χ0) is 25.8. The summed E-state index contributed by atoms with van der Waals surface area (Å²) < 4.78 is 24.7. The van der Waals surface area contributed by atoms with Crippen molar-refractivity contribution in [3.8, 4) is 11.5 Å². The maximum atomic E-state index is 13.5. The fourth-order valence-electron chi connectivity index (χ4n) is 3.21. The van der Waals surface area contributed by atoms with Crippen LogP contribution in [0.4, 0.5) is 4.39 Å². The highest BCUT2D eigenvalue weighted by Gasteiger charge is 2.28. The number of halogens is 1. The SMILES string of the molecule is C=N/C(=C(/C(=O)N(C)CCCO)N(COc1cccc(OC)c1)Cc1ccc(F)cc1)N(C)C=O. The highest BCUT2D eigenvalue weighted by Crippen LogP contribution is 2.23. The molecule has 2 amide bonds. The second-order valence-electron chi connectivity index (χ2n) is 7.63. The fraction of sp³-hybridized carbons (Fsp3) is 0.320. The van der Waals surface area contributed by atoms with E-state index < -0.39 is 11.7 Å². The first kappa shape index (κ1) is 27.3. The number of rotatable bonds is 14. The van der Waals surface area contributed by atoms with Gasteiger partial charge in [0.1, 0.15) is 23.0 Å². The third-order valence-electron chi connectivity index (χ3n) is 5.09. The molecule has 0 unspecified atom stereocenters. The molecule has 0 atom stereocenters. The van der Waals surface area contributed by atoms with Gasteiger partial charge in [-0.25, -0.2) is 9.38 Å². The summed E-state index contributed by atoms with van der Waals surface area (Å²) in [4.78, 5) is 33.2. The summed E-state index contributed by atoms with van der Waals surface area (Å²) in [6.45, 7) is 3.77. The largest absolute Gasteiger partial charge is 0.497 e. The molecule has 188 valence electrons. The number of likely N-dealkylation sites (N-methyl/N-ethyl adjacent to an activating group) is 1. The predicted octanol–water partition coefficient (Wildman–Crippen LogP) is 2.47. The monoisotopic (exact) mass is 486 g/mol. The summed E-state index contributed by atoms with van der Waals surface area (Å²) in [6, 6.07) is 12.8. The Balaban J connectivity index is 2.53. The fourth-order valence-corrected chi connectivity index (χ4v) is 3.21. The minimum absolute atomic E-state index is 0.0252. The van der Waals surface area contributed by atoms with Crippen LogP contribution >= 0.6 is 0 Å². The van der Waals surface area contributed by atoms with Gasteiger partial charge in [-0.1, -0.05) is 18.2 Å². The molecule has 0 fully saturated rings. The van der Waals surface area contributed by atoms with E-state index in [1.807, 2.05) is 0 Å². The highest BCUT2D eigenvalue weighted by molar-refractivity contribution is 5.93. The van der Waals surface area contributed by atoms with Gasteiger partial charge in [0.2, 0.25) is 6.41 Å². The molecule has 35 heavy (non-hydrogen) atoms. The molecule has 0 bridgehead atoms. The molecule has 0 aliphatic rings. The Kier molecular flexibility index (Phi) is 10.7. The first-order valence-corrected chi connectivity index (χ1v) is 10.9. The standard InChI is InChI=1S/C25H31FN4O5/c1-27-24(29(3)17-32)23(25(33)28(2)13-6-14-31)30(16-19-9-11-20(26)12-10-19)18-35-22-8-5-7-21(15-22)34-4/h5,7-12,15,17,31H,1,6,13-14,16,18H2,2-4H3/b24-23+. The van der Waals surface area contributed by atoms with E-state index in [0.717, 1.165) is 4.90 Å². The lowest BCUT2D eigenvalue weighted by Crippen LogP contribution is -2.41. The first-order valence-electron chi connectivity index (χ1n) is 10.9. The molecule has 0 aliphatic heterocycles. The van der Waals surface area contributed by atoms with Gasteiger partial charge in [-0.2, -0.15) is 0 Å². The molecule has 10 heteroatoms. The van der Waals surface area contributed by atoms with Crippen LogP contribution in [0.15, 0.2) is 65.0 Å². The van der Waals surface area contributed by atoms with Gasteiger partial charge in [0.25, 0.3) is 5.91 Å². The second kappa shape index (κ2) is 13.7. The zero-order valence-electron chi connectivity index (χ0n) is 20.2. The van der Waals surface area contributed by atoms with E-state index in [2.05, 4.69) is 11.7 Å². The number of carbonyl (C=O) groups excluding carboxylic acids is 2. The summed E-state index contributed by atoms with van der Waals surface area (Å²) in [5.41, 5.74) is 0.753. The number of hydrogen-bond donors (Lipinski definition) is 1. The van der Waals surface area contributed by atoms with Crippen LogP contribution in [0.5, 0.6) is 11.5 Å². The Hall–Kier alpha value is -3.92. The quantitative estimate of drug-likeness (QED) is 0.191. The van der Waals surface area contributed by atoms with Crippen LogP contribution in [0.1, 0.15) is 12.0 Å². The molecular weight excluding hydrogens is 455 g/mol. The minimum atomic E-state index is -0.453. The van der Waals surface area contributed by atoms with Crippen molar-refractivity contribution < 1.29 is 28.6 Å². The summed E-state index contributed by atoms with van der Waals surface area (Å²) in [6.07, 6.45) is 0.887. The summed E-state index contributed by atoms with van der Waals surface area (Å²) in [5, 5.41) is 9.19. The van der Waals surface area contributed by atoms with Crippen LogP contribution in [0, 0.1) is 5.82 Å². The molecule has 0 spiro atoms. The number of aliphatic hydroxyl groups is 1. The third-order valence-corrected chi connectivity index (χ3v) is 5.09. The number of amides is 2. The lowest BCUT2D eigenvalue weighted by Gasteiger charge is -2.31. The van der Waals surface area contributed by atoms with Crippen LogP contribution in [-0.2, 0) is 16.1 Å². The number of ether oxygens (including phenoxy) is 2. The van der Waals surface area contributed by atoms with Gasteiger partial charge in [0.05, 0.1) is 7.11 Å². The van der Waals surface area contributed by atoms with Crippen LogP contribution < -0.4 is 9.47 Å². The second-order valence-corrected chi connectivity index (χ2v) is 7.63. The maximum absolute atomic E-state index is 13.5. The molecule has 0 heterocycles. The topological polar surface area (TPSA) is 94.9 Å². The number of hydrogen-bond acceptors (Lipinski definition) is 7. The van der Waals surface area contributed by atoms with Gasteiger partial charge in [-0.05, 0) is 43.0 Å². The van der Waals surface area contributed by atoms with Crippen LogP contribution in [-0.4, -0.2) is 79.9 Å². The summed E-state index contributed by atoms with van der Waals surface area (Å²) >= 11 is 0. The van der Waals surface area contributed by atoms with Crippen LogP contribution in [0.2, 0.25) is 0 Å². The number of aliphatic imine (C=N–C) groups is 1. The first-order chi connectivity index (χ1) is 16.8. The van der Waals surface area contributed by atoms with E-state index in [1.54, 1.807) is 55.5 Å². The highest BCUT2D eigenvalue weighted by atomic mass is 19.1. The average Bonchev–Trinajstić information content (AvgIpc) is 2.88. The van der Waals surface area contributed by atoms with E-state index in [-0.39, 0.29) is 37.9 Å². The van der Waals surface area contributed by atoms with Crippen molar-refractivity contribution >= 4 is 19.0 Å². The number of carbonyl (C=O) groups is 2. The number of aliphatic hydroxyl groups excluding tert-OH is 1. The van der Waals surface area contributed by atoms with E-state index in [4.69, 9.17) is 9.47 Å². The van der Waals surface area contributed by atoms with E-state index >= 15 is 0 Å². The third kappa shape index (κ3) is 7.82. The van der Waals surface area contributed by atoms with Crippen molar-refractivity contribution in [1.29, 1.82) is 0 Å². The van der Waals surface area contributed by atoms with Crippen molar-refractivity contribution in [2.45, 2.75) is 13.0 Å². The maximum Gasteiger partial charge on any atom is 0.273 e. The number of nitrogens with zero attached hydrogens (tertiary/aromatic N) is 4. The van der Waals surface area contributed by atoms with Crippen molar-refractivity contribution in [2.24, 2.45) is 4.99 Å². The molecule has 2 rings (SSSR count). The van der Waals surface area contributed by atoms with E-state index in [1.165, 1.54) is 24.1 Å². The van der Waals surface area contributed by atoms with Crippen molar-refractivity contribution in [3.05, 3.63) is 71.4 Å². The molecule has 2 aromatic rings. The van der Waals surface area contributed by atoms with Gasteiger partial charge in [0, 0.05) is 39.9 Å². The molecular formula is C25H31FN4O5. The lowest BCUT2D eigenvalue weighted by atomic mass is 10.2. The van der Waals surface area contributed by atoms with E-state index in [9.17, 15) is 19.1 Å². The van der Waals surface area contributed by atoms with Gasteiger partial charge >= 0.3 is 0 Å². The van der Waals surface area contributed by atoms with Crippen molar-refractivity contribution in [3.63, 3.8) is 0 Å². The molecule has 1 N–H and O–H groups in total. The minimum Gasteiger partial charge on any atom is -0.497 e. The smallest absolute Gasteiger partial charge is 0.273 e. The Bertz CT molecular complexity index is 1030. The molecule has 9 nitrogen and oxygen atoms in total. The van der Waals surface area contributed by atoms with Crippen molar-refractivity contribution in [2.75, 3.05) is 41.1 Å². The Morgan fingerprint density at radius 1 is 1.17 bits per heavy atom.